The van der Waals surface area contributed by atoms with Crippen molar-refractivity contribution < 1.29 is 22.7 Å². The van der Waals surface area contributed by atoms with Crippen molar-refractivity contribution in [3.63, 3.8) is 0 Å². The van der Waals surface area contributed by atoms with Gasteiger partial charge in [0, 0.05) is 12.6 Å². The molecule has 0 radical (unpaired) electrons. The van der Waals surface area contributed by atoms with Gasteiger partial charge >= 0.3 is 6.18 Å². The highest BCUT2D eigenvalue weighted by atomic mass is 19.4. The van der Waals surface area contributed by atoms with E-state index in [4.69, 9.17) is 10.5 Å². The van der Waals surface area contributed by atoms with Crippen molar-refractivity contribution in [1.29, 1.82) is 0 Å². The second kappa shape index (κ2) is 7.37. The number of amides is 1. The Bertz CT molecular complexity index is 1400. The Labute approximate surface area is 185 Å². The van der Waals surface area contributed by atoms with E-state index in [0.29, 0.717) is 22.1 Å². The molecule has 0 saturated heterocycles. The fourth-order valence-corrected chi connectivity index (χ4v) is 3.99. The zero-order valence-corrected chi connectivity index (χ0v) is 17.5. The number of likely N-dealkylation sites (N-methyl/N-ethyl adjacent to an activating group) is 1. The molecule has 12 heteroatoms. The van der Waals surface area contributed by atoms with Gasteiger partial charge in [-0.1, -0.05) is 6.07 Å². The second-order valence-corrected chi connectivity index (χ2v) is 7.78. The molecule has 170 valence electrons. The number of halogens is 3. The summed E-state index contributed by atoms with van der Waals surface area (Å²) in [5.74, 6) is -0.148. The van der Waals surface area contributed by atoms with Gasteiger partial charge in [-0.25, -0.2) is 19.9 Å². The van der Waals surface area contributed by atoms with Crippen molar-refractivity contribution in [2.24, 2.45) is 0 Å². The van der Waals surface area contributed by atoms with Crippen LogP contribution in [0.1, 0.15) is 46.5 Å². The smallest absolute Gasteiger partial charge is 0.382 e. The number of nitrogen functional groups attached to an aromatic ring is 1. The lowest BCUT2D eigenvalue weighted by Gasteiger charge is -2.35. The summed E-state index contributed by atoms with van der Waals surface area (Å²) in [4.78, 5) is 31.0. The third-order valence-corrected chi connectivity index (χ3v) is 5.77. The van der Waals surface area contributed by atoms with Crippen LogP contribution in [0, 0.1) is 0 Å². The molecular formula is C21H18F3N7O2. The summed E-state index contributed by atoms with van der Waals surface area (Å²) in [6.07, 6.45) is -0.641. The number of hydrogen-bond acceptors (Lipinski definition) is 7. The Kier molecular flexibility index (Phi) is 4.71. The topological polar surface area (TPSA) is 112 Å². The lowest BCUT2D eigenvalue weighted by molar-refractivity contribution is -0.141. The van der Waals surface area contributed by atoms with Crippen LogP contribution in [0.5, 0.6) is 0 Å². The number of anilines is 1. The molecule has 9 nitrogen and oxygen atoms in total. The number of fused-ring (bicyclic) bond motifs is 4. The summed E-state index contributed by atoms with van der Waals surface area (Å²) in [5, 5.41) is 0. The van der Waals surface area contributed by atoms with Gasteiger partial charge in [0.1, 0.15) is 28.2 Å². The van der Waals surface area contributed by atoms with E-state index < -0.39 is 29.9 Å². The molecule has 5 rings (SSSR count). The van der Waals surface area contributed by atoms with E-state index in [2.05, 4.69) is 19.9 Å². The summed E-state index contributed by atoms with van der Waals surface area (Å²) in [5.41, 5.74) is 7.40. The molecule has 2 atom stereocenters. The first kappa shape index (κ1) is 21.1. The first-order valence-electron chi connectivity index (χ1n) is 9.99. The van der Waals surface area contributed by atoms with Gasteiger partial charge in [-0.05, 0) is 19.1 Å². The zero-order chi connectivity index (χ0) is 23.5. The van der Waals surface area contributed by atoms with Crippen molar-refractivity contribution in [3.05, 3.63) is 59.6 Å². The van der Waals surface area contributed by atoms with Crippen LogP contribution in [-0.2, 0) is 10.9 Å². The Balaban J connectivity index is 1.52. The quantitative estimate of drug-likeness (QED) is 0.492. The van der Waals surface area contributed by atoms with Gasteiger partial charge in [-0.15, -0.1) is 0 Å². The van der Waals surface area contributed by atoms with Gasteiger partial charge in [-0.2, -0.15) is 13.2 Å². The van der Waals surface area contributed by atoms with E-state index in [1.54, 1.807) is 37.0 Å². The van der Waals surface area contributed by atoms with Crippen LogP contribution in [0.25, 0.3) is 16.6 Å². The van der Waals surface area contributed by atoms with Crippen LogP contribution in [0.4, 0.5) is 19.0 Å². The summed E-state index contributed by atoms with van der Waals surface area (Å²) < 4.78 is 46.8. The average Bonchev–Trinajstić information content (AvgIpc) is 3.29. The van der Waals surface area contributed by atoms with E-state index in [9.17, 15) is 18.0 Å². The second-order valence-electron chi connectivity index (χ2n) is 7.78. The van der Waals surface area contributed by atoms with Gasteiger partial charge in [0.15, 0.2) is 0 Å². The zero-order valence-electron chi connectivity index (χ0n) is 17.5. The van der Waals surface area contributed by atoms with Gasteiger partial charge in [0.05, 0.1) is 48.7 Å². The molecule has 0 saturated carbocycles. The van der Waals surface area contributed by atoms with Gasteiger partial charge in [0.25, 0.3) is 5.91 Å². The highest BCUT2D eigenvalue weighted by Gasteiger charge is 2.37. The molecule has 0 fully saturated rings. The molecule has 33 heavy (non-hydrogen) atoms. The van der Waals surface area contributed by atoms with Crippen LogP contribution in [-0.4, -0.2) is 48.8 Å². The SMILES string of the molecule is C[C@H]1OC[C@@H](N(C)C(=O)c2cc3c(cn2)nc(N)c2cncn23)c2ccc(C(F)(F)F)nc21. The highest BCUT2D eigenvalue weighted by Crippen LogP contribution is 2.37. The standard InChI is InChI=1S/C21H18F3N7O2/c1-10-18-11(3-4-17(29-18)21(22,23)24)16(8-33-10)30(2)20(32)12-5-14-13(6-27-12)28-19(25)15-7-26-9-31(14)15/h3-7,9-10,16H,8H2,1-2H3,(H2,25,28)/t10-,16-/m1/s1. The molecule has 4 aromatic rings. The number of carbonyl (C=O) groups is 1. The Morgan fingerprint density at radius 2 is 2.03 bits per heavy atom. The maximum atomic E-state index is 13.3. The van der Waals surface area contributed by atoms with Crippen molar-refractivity contribution in [2.75, 3.05) is 19.4 Å². The number of rotatable bonds is 2. The molecule has 0 bridgehead atoms. The number of aromatic nitrogens is 5. The predicted molar refractivity (Wildman–Crippen MR) is 111 cm³/mol. The van der Waals surface area contributed by atoms with E-state index in [0.717, 1.165) is 6.07 Å². The predicted octanol–water partition coefficient (Wildman–Crippen LogP) is 3.18. The number of alkyl halides is 3. The molecular weight excluding hydrogens is 439 g/mol. The molecule has 0 aliphatic carbocycles. The maximum absolute atomic E-state index is 13.3. The van der Waals surface area contributed by atoms with E-state index in [-0.39, 0.29) is 23.8 Å². The molecule has 1 aliphatic heterocycles. The molecule has 0 spiro atoms. The van der Waals surface area contributed by atoms with E-state index >= 15 is 0 Å². The normalized spacial score (nSPS) is 18.5. The lowest BCUT2D eigenvalue weighted by atomic mass is 9.97. The van der Waals surface area contributed by atoms with Gasteiger partial charge < -0.3 is 15.4 Å². The van der Waals surface area contributed by atoms with Crippen molar-refractivity contribution in [1.82, 2.24) is 29.2 Å². The Morgan fingerprint density at radius 1 is 1.24 bits per heavy atom. The third kappa shape index (κ3) is 3.42. The molecule has 1 amide bonds. The van der Waals surface area contributed by atoms with Crippen LogP contribution < -0.4 is 5.73 Å². The maximum Gasteiger partial charge on any atom is 0.433 e. The Morgan fingerprint density at radius 3 is 2.79 bits per heavy atom. The number of nitrogens with two attached hydrogens (primary N) is 1. The van der Waals surface area contributed by atoms with Crippen molar-refractivity contribution in [2.45, 2.75) is 25.2 Å². The fraction of sp³-hybridized carbons (Fsp3) is 0.286. The molecule has 2 N–H and O–H groups in total. The van der Waals surface area contributed by atoms with Crippen LogP contribution in [0.2, 0.25) is 0 Å². The summed E-state index contributed by atoms with van der Waals surface area (Å²) >= 11 is 0. The fourth-order valence-electron chi connectivity index (χ4n) is 3.99. The van der Waals surface area contributed by atoms with Crippen LogP contribution in [0.15, 0.2) is 36.9 Å². The summed E-state index contributed by atoms with van der Waals surface area (Å²) in [6, 6.07) is 3.22. The molecule has 0 aromatic carbocycles. The summed E-state index contributed by atoms with van der Waals surface area (Å²) in [6.45, 7) is 1.74. The first-order chi connectivity index (χ1) is 15.6. The number of imidazole rings is 1. The minimum Gasteiger partial charge on any atom is -0.382 e. The number of nitrogens with zero attached hydrogens (tertiary/aromatic N) is 6. The number of hydrogen-bond donors (Lipinski definition) is 1. The number of ether oxygens (including phenoxy) is 1. The molecule has 5 heterocycles. The monoisotopic (exact) mass is 457 g/mol. The highest BCUT2D eigenvalue weighted by molar-refractivity contribution is 5.96. The molecule has 1 aliphatic rings. The third-order valence-electron chi connectivity index (χ3n) is 5.77. The number of pyridine rings is 2. The Hall–Kier alpha value is -3.80. The largest absolute Gasteiger partial charge is 0.433 e. The van der Waals surface area contributed by atoms with Crippen LogP contribution >= 0.6 is 0 Å². The molecule has 0 unspecified atom stereocenters. The minimum absolute atomic E-state index is 0.112. The van der Waals surface area contributed by atoms with Crippen LogP contribution in [0.3, 0.4) is 0 Å². The van der Waals surface area contributed by atoms with Crippen molar-refractivity contribution >= 4 is 28.3 Å². The van der Waals surface area contributed by atoms with E-state index in [1.165, 1.54) is 17.2 Å². The van der Waals surface area contributed by atoms with E-state index in [1.807, 2.05) is 0 Å². The van der Waals surface area contributed by atoms with Gasteiger partial charge in [0.2, 0.25) is 0 Å². The minimum atomic E-state index is -4.57. The summed E-state index contributed by atoms with van der Waals surface area (Å²) in [7, 11) is 1.55. The average molecular weight is 457 g/mol. The van der Waals surface area contributed by atoms with Crippen molar-refractivity contribution in [3.8, 4) is 0 Å². The first-order valence-corrected chi connectivity index (χ1v) is 9.99. The molecule has 4 aromatic heterocycles. The lowest BCUT2D eigenvalue weighted by Crippen LogP contribution is -2.38. The van der Waals surface area contributed by atoms with Gasteiger partial charge in [-0.3, -0.25) is 9.20 Å². The number of carbonyl (C=O) groups excluding carboxylic acids is 1.